The maximum atomic E-state index is 11.7. The molecular formula is C12H16N2O5. The summed E-state index contributed by atoms with van der Waals surface area (Å²) < 4.78 is 9.89. The molecule has 1 heterocycles. The van der Waals surface area contributed by atoms with Crippen LogP contribution in [-0.4, -0.2) is 34.3 Å². The van der Waals surface area contributed by atoms with Gasteiger partial charge in [-0.1, -0.05) is 0 Å². The Kier molecular flexibility index (Phi) is 3.46. The minimum absolute atomic E-state index is 0.0109. The number of aryl methyl sites for hydroxylation is 1. The van der Waals surface area contributed by atoms with Crippen LogP contribution in [0.15, 0.2) is 10.6 Å². The van der Waals surface area contributed by atoms with E-state index < -0.39 is 17.4 Å². The molecule has 0 spiro atoms. The number of carbonyl (C=O) groups is 2. The molecule has 0 radical (unpaired) electrons. The minimum Gasteiger partial charge on any atom is -0.480 e. The number of carbonyl (C=O) groups excluding carboxylic acids is 1. The smallest absolute Gasteiger partial charge is 0.329 e. The van der Waals surface area contributed by atoms with Crippen LogP contribution >= 0.6 is 0 Å². The zero-order valence-electron chi connectivity index (χ0n) is 10.8. The Hall–Kier alpha value is -2.05. The second-order valence-electron chi connectivity index (χ2n) is 4.89. The van der Waals surface area contributed by atoms with Crippen LogP contribution in [0.3, 0.4) is 0 Å². The quantitative estimate of drug-likeness (QED) is 0.788. The third-order valence-electron chi connectivity index (χ3n) is 3.19. The number of carboxylic acid groups (broad SMARTS) is 1. The highest BCUT2D eigenvalue weighted by molar-refractivity contribution is 5.87. The van der Waals surface area contributed by atoms with Crippen molar-refractivity contribution in [1.82, 2.24) is 10.5 Å². The molecule has 7 nitrogen and oxygen atoms in total. The van der Waals surface area contributed by atoms with Crippen LogP contribution in [0.5, 0.6) is 5.88 Å². The predicted molar refractivity (Wildman–Crippen MR) is 63.6 cm³/mol. The Morgan fingerprint density at radius 2 is 2.32 bits per heavy atom. The van der Waals surface area contributed by atoms with Crippen LogP contribution in [0, 0.1) is 12.8 Å². The summed E-state index contributed by atoms with van der Waals surface area (Å²) in [5, 5.41) is 15.3. The predicted octanol–water partition coefficient (Wildman–Crippen LogP) is 0.731. The van der Waals surface area contributed by atoms with Crippen molar-refractivity contribution in [1.29, 1.82) is 0 Å². The molecule has 1 aromatic rings. The Bertz CT molecular complexity index is 494. The van der Waals surface area contributed by atoms with Crippen molar-refractivity contribution in [2.45, 2.75) is 32.2 Å². The summed E-state index contributed by atoms with van der Waals surface area (Å²) in [5.74, 6) is -0.749. The summed E-state index contributed by atoms with van der Waals surface area (Å²) in [6.07, 6.45) is 1.62. The summed E-state index contributed by atoms with van der Waals surface area (Å²) in [6, 6.07) is 1.55. The highest BCUT2D eigenvalue weighted by atomic mass is 16.5. The number of ether oxygens (including phenoxy) is 1. The fourth-order valence-corrected chi connectivity index (χ4v) is 1.87. The normalized spacial score (nSPS) is 17.6. The molecule has 104 valence electrons. The van der Waals surface area contributed by atoms with Gasteiger partial charge in [0.2, 0.25) is 0 Å². The number of aromatic nitrogens is 1. The first kappa shape index (κ1) is 13.4. The first-order chi connectivity index (χ1) is 8.91. The van der Waals surface area contributed by atoms with Gasteiger partial charge in [-0.15, -0.1) is 0 Å². The average Bonchev–Trinajstić information content (AvgIpc) is 3.11. The second kappa shape index (κ2) is 4.91. The molecule has 1 aliphatic rings. The third kappa shape index (κ3) is 3.04. The van der Waals surface area contributed by atoms with Crippen molar-refractivity contribution in [2.24, 2.45) is 5.92 Å². The standard InChI is InChI=1S/C12H16N2O5/c1-7-5-10(14-19-7)18-6-9(15)13-12(2,11(16)17)8-3-4-8/h5,8H,3-4,6H2,1-2H3,(H,13,15)(H,16,17). The number of carboxylic acids is 1. The lowest BCUT2D eigenvalue weighted by Gasteiger charge is -2.25. The van der Waals surface area contributed by atoms with Crippen LogP contribution in [0.4, 0.5) is 0 Å². The van der Waals surface area contributed by atoms with E-state index in [2.05, 4.69) is 10.5 Å². The lowest BCUT2D eigenvalue weighted by molar-refractivity contribution is -0.148. The molecular weight excluding hydrogens is 252 g/mol. The van der Waals surface area contributed by atoms with E-state index in [1.807, 2.05) is 0 Å². The second-order valence-corrected chi connectivity index (χ2v) is 4.89. The maximum Gasteiger partial charge on any atom is 0.329 e. The van der Waals surface area contributed by atoms with E-state index in [1.165, 1.54) is 6.92 Å². The van der Waals surface area contributed by atoms with Gasteiger partial charge in [-0.2, -0.15) is 0 Å². The topological polar surface area (TPSA) is 102 Å². The van der Waals surface area contributed by atoms with Crippen molar-refractivity contribution >= 4 is 11.9 Å². The molecule has 0 aromatic carbocycles. The molecule has 19 heavy (non-hydrogen) atoms. The Labute approximate surface area is 109 Å². The Morgan fingerprint density at radius 1 is 1.63 bits per heavy atom. The fourth-order valence-electron chi connectivity index (χ4n) is 1.87. The number of amides is 1. The zero-order chi connectivity index (χ0) is 14.0. The number of nitrogens with zero attached hydrogens (tertiary/aromatic N) is 1. The van der Waals surface area contributed by atoms with Gasteiger partial charge < -0.3 is 19.7 Å². The number of hydrogen-bond acceptors (Lipinski definition) is 5. The maximum absolute atomic E-state index is 11.7. The number of nitrogens with one attached hydrogen (secondary N) is 1. The molecule has 2 N–H and O–H groups in total. The van der Waals surface area contributed by atoms with Gasteiger partial charge in [-0.3, -0.25) is 4.79 Å². The van der Waals surface area contributed by atoms with Gasteiger partial charge in [0.25, 0.3) is 11.8 Å². The van der Waals surface area contributed by atoms with Gasteiger partial charge in [-0.05, 0) is 37.8 Å². The van der Waals surface area contributed by atoms with Crippen molar-refractivity contribution in [3.05, 3.63) is 11.8 Å². The molecule has 1 unspecified atom stereocenters. The summed E-state index contributed by atoms with van der Waals surface area (Å²) in [6.45, 7) is 2.93. The van der Waals surface area contributed by atoms with E-state index in [0.717, 1.165) is 12.8 Å². The highest BCUT2D eigenvalue weighted by Gasteiger charge is 2.48. The van der Waals surface area contributed by atoms with Crippen molar-refractivity contribution in [2.75, 3.05) is 6.61 Å². The van der Waals surface area contributed by atoms with Crippen LogP contribution < -0.4 is 10.1 Å². The van der Waals surface area contributed by atoms with Gasteiger partial charge in [0.15, 0.2) is 6.61 Å². The minimum atomic E-state index is -1.22. The molecule has 1 fully saturated rings. The van der Waals surface area contributed by atoms with Crippen LogP contribution in [0.25, 0.3) is 0 Å². The SMILES string of the molecule is Cc1cc(OCC(=O)NC(C)(C(=O)O)C2CC2)no1. The molecule has 0 aliphatic heterocycles. The van der Waals surface area contributed by atoms with Crippen molar-refractivity contribution < 1.29 is 24.0 Å². The van der Waals surface area contributed by atoms with E-state index in [4.69, 9.17) is 9.26 Å². The summed E-state index contributed by atoms with van der Waals surface area (Å²) in [4.78, 5) is 23.0. The lowest BCUT2D eigenvalue weighted by Crippen LogP contribution is -2.55. The highest BCUT2D eigenvalue weighted by Crippen LogP contribution is 2.39. The molecule has 0 saturated heterocycles. The van der Waals surface area contributed by atoms with Crippen LogP contribution in [0.1, 0.15) is 25.5 Å². The van der Waals surface area contributed by atoms with Gasteiger partial charge in [0.05, 0.1) is 0 Å². The number of rotatable bonds is 6. The van der Waals surface area contributed by atoms with Crippen LogP contribution in [-0.2, 0) is 9.59 Å². The molecule has 1 aliphatic carbocycles. The average molecular weight is 268 g/mol. The molecule has 2 rings (SSSR count). The fraction of sp³-hybridized carbons (Fsp3) is 0.583. The molecule has 1 saturated carbocycles. The molecule has 0 bridgehead atoms. The molecule has 7 heteroatoms. The third-order valence-corrected chi connectivity index (χ3v) is 3.19. The summed E-state index contributed by atoms with van der Waals surface area (Å²) in [5.41, 5.74) is -1.22. The summed E-state index contributed by atoms with van der Waals surface area (Å²) in [7, 11) is 0. The van der Waals surface area contributed by atoms with E-state index in [9.17, 15) is 14.7 Å². The molecule has 1 atom stereocenters. The summed E-state index contributed by atoms with van der Waals surface area (Å²) >= 11 is 0. The van der Waals surface area contributed by atoms with Gasteiger partial charge in [0.1, 0.15) is 11.3 Å². The largest absolute Gasteiger partial charge is 0.480 e. The zero-order valence-corrected chi connectivity index (χ0v) is 10.8. The molecule has 1 aromatic heterocycles. The van der Waals surface area contributed by atoms with E-state index in [0.29, 0.717) is 5.76 Å². The van der Waals surface area contributed by atoms with E-state index in [-0.39, 0.29) is 18.4 Å². The molecule has 1 amide bonds. The van der Waals surface area contributed by atoms with E-state index in [1.54, 1.807) is 13.0 Å². The first-order valence-electron chi connectivity index (χ1n) is 6.02. The van der Waals surface area contributed by atoms with Crippen molar-refractivity contribution in [3.8, 4) is 5.88 Å². The van der Waals surface area contributed by atoms with E-state index >= 15 is 0 Å². The van der Waals surface area contributed by atoms with Crippen molar-refractivity contribution in [3.63, 3.8) is 0 Å². The lowest BCUT2D eigenvalue weighted by atomic mass is 9.96. The Balaban J connectivity index is 1.88. The first-order valence-corrected chi connectivity index (χ1v) is 6.02. The van der Waals surface area contributed by atoms with Gasteiger partial charge in [0, 0.05) is 6.07 Å². The van der Waals surface area contributed by atoms with Crippen LogP contribution in [0.2, 0.25) is 0 Å². The van der Waals surface area contributed by atoms with Gasteiger partial charge >= 0.3 is 5.97 Å². The Morgan fingerprint density at radius 3 is 2.79 bits per heavy atom. The number of hydrogen-bond donors (Lipinski definition) is 2. The number of aliphatic carboxylic acids is 1. The van der Waals surface area contributed by atoms with Gasteiger partial charge in [-0.25, -0.2) is 4.79 Å². The monoisotopic (exact) mass is 268 g/mol.